The quantitative estimate of drug-likeness (QED) is 0.347. The van der Waals surface area contributed by atoms with Gasteiger partial charge in [0, 0.05) is 18.2 Å². The summed E-state index contributed by atoms with van der Waals surface area (Å²) >= 11 is 0. The highest BCUT2D eigenvalue weighted by molar-refractivity contribution is 6.04. The third kappa shape index (κ3) is 5.98. The largest absolute Gasteiger partial charge is 0.493 e. The van der Waals surface area contributed by atoms with E-state index in [-0.39, 0.29) is 11.8 Å². The lowest BCUT2D eigenvalue weighted by Crippen LogP contribution is -2.18. The first-order chi connectivity index (χ1) is 17.9. The molecule has 1 aromatic heterocycles. The summed E-state index contributed by atoms with van der Waals surface area (Å²) in [6, 6.07) is 22.2. The van der Waals surface area contributed by atoms with Crippen molar-refractivity contribution < 1.29 is 19.1 Å². The molecule has 2 amide bonds. The van der Waals surface area contributed by atoms with Crippen LogP contribution in [0, 0.1) is 13.8 Å². The summed E-state index contributed by atoms with van der Waals surface area (Å²) in [7, 11) is 3.21. The van der Waals surface area contributed by atoms with Crippen molar-refractivity contribution in [2.75, 3.05) is 19.5 Å². The number of aryl methyl sites for hydroxylation is 1. The highest BCUT2D eigenvalue weighted by Crippen LogP contribution is 2.27. The molecule has 8 heteroatoms. The van der Waals surface area contributed by atoms with Crippen molar-refractivity contribution >= 4 is 17.5 Å². The Kier molecular flexibility index (Phi) is 7.88. The van der Waals surface area contributed by atoms with E-state index in [2.05, 4.69) is 15.7 Å². The summed E-state index contributed by atoms with van der Waals surface area (Å²) in [6.45, 7) is 4.61. The van der Waals surface area contributed by atoms with Gasteiger partial charge < -0.3 is 20.1 Å². The molecule has 0 saturated carbocycles. The second-order valence-corrected chi connectivity index (χ2v) is 8.57. The molecule has 0 atom stereocenters. The highest BCUT2D eigenvalue weighted by atomic mass is 16.5. The molecule has 4 aromatic rings. The second-order valence-electron chi connectivity index (χ2n) is 8.57. The van der Waals surface area contributed by atoms with Crippen LogP contribution in [0.2, 0.25) is 0 Å². The van der Waals surface area contributed by atoms with Gasteiger partial charge in [-0.15, -0.1) is 0 Å². The molecule has 190 valence electrons. The minimum Gasteiger partial charge on any atom is -0.493 e. The summed E-state index contributed by atoms with van der Waals surface area (Å²) in [5.41, 5.74) is 5.22. The third-order valence-corrected chi connectivity index (χ3v) is 6.05. The minimum atomic E-state index is -0.218. The Morgan fingerprint density at radius 2 is 1.59 bits per heavy atom. The Morgan fingerprint density at radius 3 is 2.30 bits per heavy atom. The van der Waals surface area contributed by atoms with Gasteiger partial charge in [0.25, 0.3) is 11.8 Å². The number of amides is 2. The highest BCUT2D eigenvalue weighted by Gasteiger charge is 2.16. The van der Waals surface area contributed by atoms with E-state index in [9.17, 15) is 9.59 Å². The zero-order chi connectivity index (χ0) is 26.4. The monoisotopic (exact) mass is 498 g/mol. The average molecular weight is 499 g/mol. The number of nitrogens with zero attached hydrogens (tertiary/aromatic N) is 2. The number of rotatable bonds is 9. The fraction of sp³-hybridized carbons (Fsp3) is 0.207. The first-order valence-electron chi connectivity index (χ1n) is 11.9. The summed E-state index contributed by atoms with van der Waals surface area (Å²) < 4.78 is 13.0. The van der Waals surface area contributed by atoms with Crippen molar-refractivity contribution in [3.05, 3.63) is 106 Å². The van der Waals surface area contributed by atoms with Crippen LogP contribution in [0.25, 0.3) is 0 Å². The summed E-state index contributed by atoms with van der Waals surface area (Å²) in [5, 5.41) is 10.2. The Morgan fingerprint density at radius 1 is 0.865 bits per heavy atom. The Hall–Kier alpha value is -4.59. The van der Waals surface area contributed by atoms with Gasteiger partial charge >= 0.3 is 0 Å². The standard InChI is InChI=1S/C29H30N4O4/c1-19-27(20(2)33(32-19)17-22-8-7-9-24(16-22)28(34)30-3)31-29(35)23-14-12-21(13-15-23)18-37-26-11-6-5-10-25(26)36-4/h5-16H,17-18H2,1-4H3,(H,30,34)(H,31,35). The predicted octanol–water partition coefficient (Wildman–Crippen LogP) is 4.75. The van der Waals surface area contributed by atoms with Gasteiger partial charge in [0.1, 0.15) is 6.61 Å². The molecule has 0 spiro atoms. The van der Waals surface area contributed by atoms with Crippen LogP contribution in [-0.2, 0) is 13.2 Å². The van der Waals surface area contributed by atoms with Crippen LogP contribution in [0.5, 0.6) is 11.5 Å². The fourth-order valence-corrected chi connectivity index (χ4v) is 4.00. The van der Waals surface area contributed by atoms with Crippen molar-refractivity contribution in [3.63, 3.8) is 0 Å². The van der Waals surface area contributed by atoms with Crippen molar-refractivity contribution in [1.82, 2.24) is 15.1 Å². The Labute approximate surface area is 216 Å². The minimum absolute atomic E-state index is 0.138. The molecular weight excluding hydrogens is 468 g/mol. The van der Waals surface area contributed by atoms with Crippen LogP contribution < -0.4 is 20.1 Å². The second kappa shape index (κ2) is 11.4. The third-order valence-electron chi connectivity index (χ3n) is 6.05. The molecule has 0 aliphatic heterocycles. The van der Waals surface area contributed by atoms with E-state index in [0.29, 0.717) is 41.5 Å². The van der Waals surface area contributed by atoms with Gasteiger partial charge in [0.05, 0.1) is 30.7 Å². The predicted molar refractivity (Wildman–Crippen MR) is 142 cm³/mol. The van der Waals surface area contributed by atoms with Crippen LogP contribution in [0.3, 0.4) is 0 Å². The van der Waals surface area contributed by atoms with Crippen LogP contribution in [0.1, 0.15) is 43.2 Å². The van der Waals surface area contributed by atoms with E-state index in [4.69, 9.17) is 9.47 Å². The lowest BCUT2D eigenvalue weighted by molar-refractivity contribution is 0.0962. The number of methoxy groups -OCH3 is 1. The summed E-state index contributed by atoms with van der Waals surface area (Å²) in [6.07, 6.45) is 0. The van der Waals surface area contributed by atoms with E-state index < -0.39 is 0 Å². The SMILES string of the molecule is CNC(=O)c1cccc(Cn2nc(C)c(NC(=O)c3ccc(COc4ccccc4OC)cc3)c2C)c1. The number of anilines is 1. The van der Waals surface area contributed by atoms with Crippen molar-refractivity contribution in [3.8, 4) is 11.5 Å². The van der Waals surface area contributed by atoms with Crippen molar-refractivity contribution in [2.45, 2.75) is 27.0 Å². The van der Waals surface area contributed by atoms with E-state index in [1.54, 1.807) is 32.4 Å². The maximum atomic E-state index is 13.0. The molecule has 37 heavy (non-hydrogen) atoms. The van der Waals surface area contributed by atoms with Gasteiger partial charge in [-0.2, -0.15) is 5.10 Å². The van der Waals surface area contributed by atoms with Crippen molar-refractivity contribution in [1.29, 1.82) is 0 Å². The molecule has 0 fully saturated rings. The number of hydrogen-bond donors (Lipinski definition) is 2. The maximum absolute atomic E-state index is 13.0. The molecule has 4 rings (SSSR count). The molecule has 8 nitrogen and oxygen atoms in total. The number of aromatic nitrogens is 2. The summed E-state index contributed by atoms with van der Waals surface area (Å²) in [4.78, 5) is 24.9. The van der Waals surface area contributed by atoms with E-state index in [0.717, 1.165) is 22.5 Å². The van der Waals surface area contributed by atoms with Gasteiger partial charge in [-0.3, -0.25) is 14.3 Å². The van der Waals surface area contributed by atoms with Crippen molar-refractivity contribution in [2.24, 2.45) is 0 Å². The van der Waals surface area contributed by atoms with Crippen LogP contribution in [-0.4, -0.2) is 35.8 Å². The lowest BCUT2D eigenvalue weighted by atomic mass is 10.1. The van der Waals surface area contributed by atoms with Crippen LogP contribution >= 0.6 is 0 Å². The van der Waals surface area contributed by atoms with Crippen LogP contribution in [0.15, 0.2) is 72.8 Å². The zero-order valence-electron chi connectivity index (χ0n) is 21.4. The Balaban J connectivity index is 1.42. The van der Waals surface area contributed by atoms with Gasteiger partial charge in [-0.1, -0.05) is 36.4 Å². The molecule has 0 saturated heterocycles. The molecule has 0 aliphatic rings. The first kappa shape index (κ1) is 25.5. The molecule has 3 aromatic carbocycles. The molecular formula is C29H30N4O4. The van der Waals surface area contributed by atoms with Gasteiger partial charge in [0.2, 0.25) is 0 Å². The summed E-state index contributed by atoms with van der Waals surface area (Å²) in [5.74, 6) is 0.976. The maximum Gasteiger partial charge on any atom is 0.255 e. The van der Waals surface area contributed by atoms with E-state index >= 15 is 0 Å². The number of nitrogens with one attached hydrogen (secondary N) is 2. The van der Waals surface area contributed by atoms with Gasteiger partial charge in [0.15, 0.2) is 11.5 Å². The average Bonchev–Trinajstić information content (AvgIpc) is 3.19. The zero-order valence-corrected chi connectivity index (χ0v) is 21.4. The number of hydrogen-bond acceptors (Lipinski definition) is 5. The number of carbonyl (C=O) groups excluding carboxylic acids is 2. The number of ether oxygens (including phenoxy) is 2. The number of carbonyl (C=O) groups is 2. The van der Waals surface area contributed by atoms with E-state index in [1.807, 2.05) is 73.1 Å². The molecule has 0 unspecified atom stereocenters. The lowest BCUT2D eigenvalue weighted by Gasteiger charge is -2.11. The van der Waals surface area contributed by atoms with Crippen LogP contribution in [0.4, 0.5) is 5.69 Å². The molecule has 0 radical (unpaired) electrons. The Bertz CT molecular complexity index is 1410. The smallest absolute Gasteiger partial charge is 0.255 e. The molecule has 0 bridgehead atoms. The fourth-order valence-electron chi connectivity index (χ4n) is 4.00. The number of benzene rings is 3. The van der Waals surface area contributed by atoms with E-state index in [1.165, 1.54) is 0 Å². The van der Waals surface area contributed by atoms with Gasteiger partial charge in [-0.25, -0.2) is 0 Å². The first-order valence-corrected chi connectivity index (χ1v) is 11.9. The normalized spacial score (nSPS) is 10.6. The topological polar surface area (TPSA) is 94.5 Å². The molecule has 0 aliphatic carbocycles. The number of para-hydroxylation sites is 2. The van der Waals surface area contributed by atoms with Gasteiger partial charge in [-0.05, 0) is 61.4 Å². The molecule has 2 N–H and O–H groups in total. The molecule has 1 heterocycles.